The number of nitrogens with two attached hydrogens (primary N) is 1. The summed E-state index contributed by atoms with van der Waals surface area (Å²) in [6.07, 6.45) is 1.11. The van der Waals surface area contributed by atoms with Gasteiger partial charge in [0.25, 0.3) is 0 Å². The van der Waals surface area contributed by atoms with Crippen LogP contribution < -0.4 is 5.73 Å². The molecule has 90 valence electrons. The highest BCUT2D eigenvalue weighted by Crippen LogP contribution is 2.27. The maximum atomic E-state index is 5.85. The Labute approximate surface area is 102 Å². The molecule has 0 bridgehead atoms. The molecule has 1 aromatic carbocycles. The molecule has 0 radical (unpaired) electrons. The Bertz CT molecular complexity index is 475. The highest BCUT2D eigenvalue weighted by molar-refractivity contribution is 5.76. The molecule has 0 aliphatic carbocycles. The van der Waals surface area contributed by atoms with Crippen molar-refractivity contribution in [1.82, 2.24) is 10.2 Å². The lowest BCUT2D eigenvalue weighted by Gasteiger charge is -2.06. The Balaban J connectivity index is 2.30. The zero-order valence-electron chi connectivity index (χ0n) is 10.6. The van der Waals surface area contributed by atoms with Crippen molar-refractivity contribution in [2.24, 2.45) is 5.92 Å². The number of nitrogen functional groups attached to an aromatic ring is 1. The fourth-order valence-corrected chi connectivity index (χ4v) is 2.09. The summed E-state index contributed by atoms with van der Waals surface area (Å²) in [7, 11) is 0. The highest BCUT2D eigenvalue weighted by atomic mass is 15.2. The Morgan fingerprint density at radius 2 is 1.88 bits per heavy atom. The number of nitrogens with one attached hydrogen (secondary N) is 1. The number of H-pyrrole nitrogens is 1. The number of aryl methyl sites for hydroxylation is 1. The predicted molar refractivity (Wildman–Crippen MR) is 71.7 cm³/mol. The molecule has 2 rings (SSSR count). The summed E-state index contributed by atoms with van der Waals surface area (Å²) in [5.74, 6) is 1.25. The number of hydrogen-bond acceptors (Lipinski definition) is 2. The smallest absolute Gasteiger partial charge is 0.153 e. The van der Waals surface area contributed by atoms with Crippen LogP contribution in [0.1, 0.15) is 25.1 Å². The van der Waals surface area contributed by atoms with E-state index in [1.165, 1.54) is 5.56 Å². The minimum Gasteiger partial charge on any atom is -0.382 e. The number of hydrogen-bond donors (Lipinski definition) is 2. The molecule has 1 aromatic heterocycles. The zero-order chi connectivity index (χ0) is 12.4. The quantitative estimate of drug-likeness (QED) is 0.849. The largest absolute Gasteiger partial charge is 0.382 e. The lowest BCUT2D eigenvalue weighted by molar-refractivity contribution is 0.647. The first-order valence-corrected chi connectivity index (χ1v) is 5.97. The Kier molecular flexibility index (Phi) is 3.18. The number of aromatic amines is 1. The first-order chi connectivity index (χ1) is 8.08. The average Bonchev–Trinajstić information content (AvgIpc) is 2.59. The molecule has 0 unspecified atom stereocenters. The van der Waals surface area contributed by atoms with Gasteiger partial charge in [0.05, 0.1) is 0 Å². The summed E-state index contributed by atoms with van der Waals surface area (Å²) in [5, 5.41) is 6.92. The van der Waals surface area contributed by atoms with Crippen LogP contribution in [0, 0.1) is 12.8 Å². The topological polar surface area (TPSA) is 54.7 Å². The van der Waals surface area contributed by atoms with Crippen LogP contribution in [0.3, 0.4) is 0 Å². The first-order valence-electron chi connectivity index (χ1n) is 5.97. The standard InChI is InChI=1S/C14H19N3/c1-9(2)8-11-4-6-12(7-5-11)13-10(3)16-17-14(13)15/h4-7,9H,8H2,1-3H3,(H3,15,16,17). The summed E-state index contributed by atoms with van der Waals surface area (Å²) in [4.78, 5) is 0. The van der Waals surface area contributed by atoms with E-state index in [4.69, 9.17) is 5.73 Å². The van der Waals surface area contributed by atoms with E-state index in [0.29, 0.717) is 11.7 Å². The van der Waals surface area contributed by atoms with Gasteiger partial charge in [-0.2, -0.15) is 5.10 Å². The van der Waals surface area contributed by atoms with Crippen molar-refractivity contribution in [3.63, 3.8) is 0 Å². The number of aromatic nitrogens is 2. The fourth-order valence-electron chi connectivity index (χ4n) is 2.09. The van der Waals surface area contributed by atoms with Gasteiger partial charge in [-0.15, -0.1) is 0 Å². The molecule has 3 N–H and O–H groups in total. The van der Waals surface area contributed by atoms with E-state index in [0.717, 1.165) is 23.2 Å². The van der Waals surface area contributed by atoms with Crippen molar-refractivity contribution >= 4 is 5.82 Å². The summed E-state index contributed by atoms with van der Waals surface area (Å²) >= 11 is 0. The van der Waals surface area contributed by atoms with Gasteiger partial charge in [0, 0.05) is 11.3 Å². The van der Waals surface area contributed by atoms with Gasteiger partial charge in [-0.3, -0.25) is 5.10 Å². The molecule has 3 nitrogen and oxygen atoms in total. The van der Waals surface area contributed by atoms with Gasteiger partial charge in [0.15, 0.2) is 5.82 Å². The molecule has 0 atom stereocenters. The second-order valence-electron chi connectivity index (χ2n) is 4.90. The molecule has 1 heterocycles. The highest BCUT2D eigenvalue weighted by Gasteiger charge is 2.09. The van der Waals surface area contributed by atoms with Crippen molar-refractivity contribution in [1.29, 1.82) is 0 Å². The van der Waals surface area contributed by atoms with Crippen molar-refractivity contribution in [3.8, 4) is 11.1 Å². The van der Waals surface area contributed by atoms with Gasteiger partial charge in [-0.25, -0.2) is 0 Å². The van der Waals surface area contributed by atoms with Crippen LogP contribution >= 0.6 is 0 Å². The van der Waals surface area contributed by atoms with Gasteiger partial charge in [-0.05, 0) is 30.4 Å². The van der Waals surface area contributed by atoms with E-state index in [9.17, 15) is 0 Å². The second-order valence-corrected chi connectivity index (χ2v) is 4.90. The molecule has 0 amide bonds. The van der Waals surface area contributed by atoms with Crippen LogP contribution in [0.4, 0.5) is 5.82 Å². The molecule has 3 heteroatoms. The van der Waals surface area contributed by atoms with Gasteiger partial charge >= 0.3 is 0 Å². The third-order valence-electron chi connectivity index (χ3n) is 2.86. The number of nitrogens with zero attached hydrogens (tertiary/aromatic N) is 1. The van der Waals surface area contributed by atoms with Gasteiger partial charge in [-0.1, -0.05) is 38.1 Å². The number of anilines is 1. The van der Waals surface area contributed by atoms with Crippen LogP contribution in [-0.2, 0) is 6.42 Å². The van der Waals surface area contributed by atoms with Crippen LogP contribution in [0.2, 0.25) is 0 Å². The maximum absolute atomic E-state index is 5.85. The average molecular weight is 229 g/mol. The number of rotatable bonds is 3. The van der Waals surface area contributed by atoms with E-state index in [2.05, 4.69) is 48.3 Å². The molecular weight excluding hydrogens is 210 g/mol. The Hall–Kier alpha value is -1.77. The molecule has 17 heavy (non-hydrogen) atoms. The van der Waals surface area contributed by atoms with Crippen molar-refractivity contribution in [3.05, 3.63) is 35.5 Å². The normalized spacial score (nSPS) is 11.1. The van der Waals surface area contributed by atoms with Crippen molar-refractivity contribution < 1.29 is 0 Å². The molecule has 0 spiro atoms. The van der Waals surface area contributed by atoms with E-state index in [1.54, 1.807) is 0 Å². The predicted octanol–water partition coefficient (Wildman–Crippen LogP) is 3.17. The van der Waals surface area contributed by atoms with Gasteiger partial charge < -0.3 is 5.73 Å². The molecular formula is C14H19N3. The summed E-state index contributed by atoms with van der Waals surface area (Å²) < 4.78 is 0. The third-order valence-corrected chi connectivity index (χ3v) is 2.86. The second kappa shape index (κ2) is 4.62. The summed E-state index contributed by atoms with van der Waals surface area (Å²) in [5.41, 5.74) is 10.4. The van der Waals surface area contributed by atoms with Gasteiger partial charge in [0.1, 0.15) is 0 Å². The van der Waals surface area contributed by atoms with E-state index in [-0.39, 0.29) is 0 Å². The van der Waals surface area contributed by atoms with Crippen LogP contribution in [-0.4, -0.2) is 10.2 Å². The minimum absolute atomic E-state index is 0.569. The number of benzene rings is 1. The lowest BCUT2D eigenvalue weighted by atomic mass is 9.99. The van der Waals surface area contributed by atoms with Gasteiger partial charge in [0.2, 0.25) is 0 Å². The molecule has 2 aromatic rings. The monoisotopic (exact) mass is 229 g/mol. The Morgan fingerprint density at radius 1 is 1.24 bits per heavy atom. The molecule has 0 aliphatic rings. The lowest BCUT2D eigenvalue weighted by Crippen LogP contribution is -1.94. The van der Waals surface area contributed by atoms with Crippen molar-refractivity contribution in [2.45, 2.75) is 27.2 Å². The molecule has 0 aliphatic heterocycles. The van der Waals surface area contributed by atoms with Crippen LogP contribution in [0.15, 0.2) is 24.3 Å². The zero-order valence-corrected chi connectivity index (χ0v) is 10.6. The maximum Gasteiger partial charge on any atom is 0.153 e. The summed E-state index contributed by atoms with van der Waals surface area (Å²) in [6.45, 7) is 6.44. The van der Waals surface area contributed by atoms with E-state index in [1.807, 2.05) is 6.92 Å². The SMILES string of the molecule is Cc1[nH]nc(N)c1-c1ccc(CC(C)C)cc1. The Morgan fingerprint density at radius 3 is 2.35 bits per heavy atom. The van der Waals surface area contributed by atoms with Crippen LogP contribution in [0.25, 0.3) is 11.1 Å². The summed E-state index contributed by atoms with van der Waals surface area (Å²) in [6, 6.07) is 8.57. The van der Waals surface area contributed by atoms with E-state index < -0.39 is 0 Å². The molecule has 0 fully saturated rings. The first kappa shape index (κ1) is 11.7. The molecule has 0 saturated heterocycles. The minimum atomic E-state index is 0.569. The van der Waals surface area contributed by atoms with Crippen molar-refractivity contribution in [2.75, 3.05) is 5.73 Å². The third kappa shape index (κ3) is 2.49. The fraction of sp³-hybridized carbons (Fsp3) is 0.357. The molecule has 0 saturated carbocycles. The van der Waals surface area contributed by atoms with E-state index >= 15 is 0 Å². The van der Waals surface area contributed by atoms with Crippen LogP contribution in [0.5, 0.6) is 0 Å².